The number of nitrogens with one attached hydrogen (secondary N) is 2. The van der Waals surface area contributed by atoms with Crippen LogP contribution >= 0.6 is 0 Å². The third-order valence-electron chi connectivity index (χ3n) is 4.66. The van der Waals surface area contributed by atoms with E-state index in [1.54, 1.807) is 31.9 Å². The number of ether oxygens (including phenoxy) is 1. The number of carbonyl (C=O) groups is 1. The summed E-state index contributed by atoms with van der Waals surface area (Å²) in [5.41, 5.74) is 3.19. The fourth-order valence-electron chi connectivity index (χ4n) is 3.07. The molecule has 0 radical (unpaired) electrons. The number of nitrogens with zero attached hydrogens (tertiary/aromatic N) is 2. The normalized spacial score (nSPS) is 11.6. The quantitative estimate of drug-likeness (QED) is 0.557. The highest BCUT2D eigenvalue weighted by atomic mass is 16.5. The maximum atomic E-state index is 12.9. The van der Waals surface area contributed by atoms with Crippen molar-refractivity contribution in [3.05, 3.63) is 90.0 Å². The van der Waals surface area contributed by atoms with Crippen LogP contribution in [0.3, 0.4) is 0 Å². The molecule has 2 N–H and O–H groups in total. The predicted molar refractivity (Wildman–Crippen MR) is 113 cm³/mol. The minimum absolute atomic E-state index is 0.0537. The Labute approximate surface area is 171 Å². The molecule has 2 heterocycles. The van der Waals surface area contributed by atoms with E-state index in [-0.39, 0.29) is 5.91 Å². The highest BCUT2D eigenvalue weighted by Crippen LogP contribution is 2.19. The molecular formula is C23H26N4O2. The molecule has 6 heteroatoms. The van der Waals surface area contributed by atoms with Gasteiger partial charge in [0.15, 0.2) is 0 Å². The average molecular weight is 390 g/mol. The van der Waals surface area contributed by atoms with E-state index in [0.29, 0.717) is 13.1 Å². The summed E-state index contributed by atoms with van der Waals surface area (Å²) in [6.07, 6.45) is 8.65. The van der Waals surface area contributed by atoms with Gasteiger partial charge in [-0.25, -0.2) is 0 Å². The molecule has 0 aliphatic carbocycles. The van der Waals surface area contributed by atoms with E-state index >= 15 is 0 Å². The summed E-state index contributed by atoms with van der Waals surface area (Å²) in [6, 6.07) is 15.0. The van der Waals surface area contributed by atoms with Gasteiger partial charge in [-0.15, -0.1) is 0 Å². The lowest BCUT2D eigenvalue weighted by atomic mass is 10.0. The van der Waals surface area contributed by atoms with E-state index in [0.717, 1.165) is 29.7 Å². The first-order chi connectivity index (χ1) is 14.3. The number of hydrogen-bond donors (Lipinski definition) is 2. The van der Waals surface area contributed by atoms with Crippen LogP contribution in [0.15, 0.2) is 73.3 Å². The van der Waals surface area contributed by atoms with Crippen LogP contribution in [0, 0.1) is 0 Å². The van der Waals surface area contributed by atoms with Crippen molar-refractivity contribution in [2.24, 2.45) is 0 Å². The summed E-state index contributed by atoms with van der Waals surface area (Å²) >= 11 is 0. The molecule has 3 rings (SSSR count). The number of benzene rings is 1. The van der Waals surface area contributed by atoms with E-state index in [1.807, 2.05) is 48.5 Å². The predicted octanol–water partition coefficient (Wildman–Crippen LogP) is 2.72. The molecule has 1 amide bonds. The zero-order chi connectivity index (χ0) is 20.3. The van der Waals surface area contributed by atoms with Gasteiger partial charge in [0.25, 0.3) is 0 Å². The molecule has 29 heavy (non-hydrogen) atoms. The first-order valence-electron chi connectivity index (χ1n) is 9.69. The van der Waals surface area contributed by atoms with Gasteiger partial charge >= 0.3 is 0 Å². The lowest BCUT2D eigenvalue weighted by Crippen LogP contribution is -2.39. The zero-order valence-corrected chi connectivity index (χ0v) is 16.5. The Morgan fingerprint density at radius 1 is 0.931 bits per heavy atom. The molecule has 0 aliphatic heterocycles. The molecule has 150 valence electrons. The van der Waals surface area contributed by atoms with Crippen LogP contribution in [0.2, 0.25) is 0 Å². The standard InChI is InChI=1S/C23H26N4O2/c1-29-21-4-2-3-20(17-21)22(26-15-9-18-5-11-24-12-6-18)23(28)27-16-10-19-7-13-25-14-8-19/h2-8,11-14,17,22,26H,9-10,15-16H2,1H3,(H,27,28). The number of aromatic nitrogens is 2. The van der Waals surface area contributed by atoms with Crippen LogP contribution < -0.4 is 15.4 Å². The molecular weight excluding hydrogens is 364 g/mol. The second kappa shape index (κ2) is 10.9. The van der Waals surface area contributed by atoms with Gasteiger partial charge in [0.2, 0.25) is 5.91 Å². The van der Waals surface area contributed by atoms with Gasteiger partial charge in [0.1, 0.15) is 11.8 Å². The van der Waals surface area contributed by atoms with E-state index in [9.17, 15) is 4.79 Å². The highest BCUT2D eigenvalue weighted by molar-refractivity contribution is 5.83. The molecule has 0 bridgehead atoms. The maximum absolute atomic E-state index is 12.9. The van der Waals surface area contributed by atoms with Crippen molar-refractivity contribution in [2.45, 2.75) is 18.9 Å². The topological polar surface area (TPSA) is 76.1 Å². The van der Waals surface area contributed by atoms with Gasteiger partial charge in [-0.1, -0.05) is 12.1 Å². The Hall–Kier alpha value is -3.25. The second-order valence-corrected chi connectivity index (χ2v) is 6.67. The third-order valence-corrected chi connectivity index (χ3v) is 4.66. The van der Waals surface area contributed by atoms with E-state index in [1.165, 1.54) is 5.56 Å². The van der Waals surface area contributed by atoms with Crippen LogP contribution in [-0.4, -0.2) is 36.1 Å². The summed E-state index contributed by atoms with van der Waals surface area (Å²) in [4.78, 5) is 21.0. The van der Waals surface area contributed by atoms with E-state index in [2.05, 4.69) is 20.6 Å². The molecule has 0 spiro atoms. The van der Waals surface area contributed by atoms with Crippen molar-refractivity contribution in [3.63, 3.8) is 0 Å². The molecule has 3 aromatic rings. The summed E-state index contributed by atoms with van der Waals surface area (Å²) in [6.45, 7) is 1.24. The molecule has 0 aliphatic rings. The monoisotopic (exact) mass is 390 g/mol. The summed E-state index contributed by atoms with van der Waals surface area (Å²) in [5.74, 6) is 0.676. The van der Waals surface area contributed by atoms with E-state index < -0.39 is 6.04 Å². The Balaban J connectivity index is 1.63. The summed E-state index contributed by atoms with van der Waals surface area (Å²) < 4.78 is 5.33. The third kappa shape index (κ3) is 6.40. The maximum Gasteiger partial charge on any atom is 0.241 e. The summed E-state index contributed by atoms with van der Waals surface area (Å²) in [7, 11) is 1.62. The van der Waals surface area contributed by atoms with Crippen LogP contribution in [0.4, 0.5) is 0 Å². The number of pyridine rings is 2. The van der Waals surface area contributed by atoms with Crippen molar-refractivity contribution < 1.29 is 9.53 Å². The van der Waals surface area contributed by atoms with Crippen LogP contribution in [0.5, 0.6) is 5.75 Å². The smallest absolute Gasteiger partial charge is 0.241 e. The fraction of sp³-hybridized carbons (Fsp3) is 0.261. The lowest BCUT2D eigenvalue weighted by Gasteiger charge is -2.19. The first kappa shape index (κ1) is 20.5. The molecule has 0 saturated heterocycles. The number of amides is 1. The average Bonchev–Trinajstić information content (AvgIpc) is 2.78. The lowest BCUT2D eigenvalue weighted by molar-refractivity contribution is -0.123. The van der Waals surface area contributed by atoms with Gasteiger partial charge < -0.3 is 15.4 Å². The molecule has 1 unspecified atom stereocenters. The molecule has 1 atom stereocenters. The Bertz CT molecular complexity index is 888. The largest absolute Gasteiger partial charge is 0.497 e. The second-order valence-electron chi connectivity index (χ2n) is 6.67. The van der Waals surface area contributed by atoms with Crippen molar-refractivity contribution in [1.82, 2.24) is 20.6 Å². The summed E-state index contributed by atoms with van der Waals surface area (Å²) in [5, 5.41) is 6.43. The number of hydrogen-bond acceptors (Lipinski definition) is 5. The van der Waals surface area contributed by atoms with E-state index in [4.69, 9.17) is 4.74 Å². The molecule has 2 aromatic heterocycles. The van der Waals surface area contributed by atoms with Crippen LogP contribution in [0.25, 0.3) is 0 Å². The first-order valence-corrected chi connectivity index (χ1v) is 9.69. The Morgan fingerprint density at radius 2 is 1.55 bits per heavy atom. The van der Waals surface area contributed by atoms with Gasteiger partial charge in [-0.05, 0) is 65.9 Å². The molecule has 0 fully saturated rings. The zero-order valence-electron chi connectivity index (χ0n) is 16.5. The number of rotatable bonds is 10. The molecule has 1 aromatic carbocycles. The van der Waals surface area contributed by atoms with Crippen LogP contribution in [0.1, 0.15) is 22.7 Å². The SMILES string of the molecule is COc1cccc(C(NCCc2ccncc2)C(=O)NCCc2ccncc2)c1. The number of carbonyl (C=O) groups excluding carboxylic acids is 1. The van der Waals surface area contributed by atoms with Gasteiger partial charge in [0, 0.05) is 37.9 Å². The van der Waals surface area contributed by atoms with Crippen LogP contribution in [-0.2, 0) is 17.6 Å². The fourth-order valence-corrected chi connectivity index (χ4v) is 3.07. The van der Waals surface area contributed by atoms with Gasteiger partial charge in [-0.2, -0.15) is 0 Å². The van der Waals surface area contributed by atoms with Gasteiger partial charge in [0.05, 0.1) is 7.11 Å². The Morgan fingerprint density at radius 3 is 2.17 bits per heavy atom. The van der Waals surface area contributed by atoms with Gasteiger partial charge in [-0.3, -0.25) is 14.8 Å². The molecule has 6 nitrogen and oxygen atoms in total. The van der Waals surface area contributed by atoms with Crippen molar-refractivity contribution in [2.75, 3.05) is 20.2 Å². The Kier molecular flexibility index (Phi) is 7.72. The number of methoxy groups -OCH3 is 1. The highest BCUT2D eigenvalue weighted by Gasteiger charge is 2.20. The van der Waals surface area contributed by atoms with Crippen molar-refractivity contribution in [1.29, 1.82) is 0 Å². The minimum Gasteiger partial charge on any atom is -0.497 e. The van der Waals surface area contributed by atoms with Crippen molar-refractivity contribution in [3.8, 4) is 5.75 Å². The van der Waals surface area contributed by atoms with Crippen molar-refractivity contribution >= 4 is 5.91 Å². The minimum atomic E-state index is -0.454. The molecule has 0 saturated carbocycles.